The molecule has 1 heterocycles. The molecule has 1 aromatic heterocycles. The summed E-state index contributed by atoms with van der Waals surface area (Å²) < 4.78 is 5.36. The summed E-state index contributed by atoms with van der Waals surface area (Å²) in [6.07, 6.45) is 0. The second-order valence-corrected chi connectivity index (χ2v) is 8.14. The van der Waals surface area contributed by atoms with Gasteiger partial charge in [0.1, 0.15) is 5.75 Å². The first-order valence-corrected chi connectivity index (χ1v) is 10.8. The number of fused-ring (bicyclic) bond motifs is 1. The molecule has 6 heteroatoms. The summed E-state index contributed by atoms with van der Waals surface area (Å²) >= 11 is 0. The monoisotopic (exact) mass is 441 g/mol. The predicted octanol–water partition coefficient (Wildman–Crippen LogP) is 5.39. The van der Waals surface area contributed by atoms with Gasteiger partial charge in [-0.15, -0.1) is 0 Å². The molecule has 0 radical (unpaired) electrons. The number of anilines is 1. The molecule has 0 aliphatic heterocycles. The molecule has 0 atom stereocenters. The molecule has 0 bridgehead atoms. The SMILES string of the molecule is COc1ccccc1NC(=O)N(Cc1ccccc1)Cc1cc2cc(C)cc(C)c2[nH]c1=O. The summed E-state index contributed by atoms with van der Waals surface area (Å²) in [6, 6.07) is 22.6. The van der Waals surface area contributed by atoms with Crippen LogP contribution in [0.25, 0.3) is 10.9 Å². The number of para-hydroxylation sites is 2. The van der Waals surface area contributed by atoms with E-state index in [2.05, 4.69) is 10.3 Å². The fraction of sp³-hybridized carbons (Fsp3) is 0.185. The van der Waals surface area contributed by atoms with Gasteiger partial charge in [-0.2, -0.15) is 0 Å². The van der Waals surface area contributed by atoms with Gasteiger partial charge in [0.05, 0.1) is 24.9 Å². The zero-order valence-corrected chi connectivity index (χ0v) is 19.0. The molecule has 0 fully saturated rings. The third-order valence-electron chi connectivity index (χ3n) is 5.58. The quantitative estimate of drug-likeness (QED) is 0.421. The number of aryl methyl sites for hydroxylation is 2. The van der Waals surface area contributed by atoms with E-state index in [4.69, 9.17) is 4.74 Å². The van der Waals surface area contributed by atoms with E-state index in [1.807, 2.05) is 74.5 Å². The van der Waals surface area contributed by atoms with E-state index in [9.17, 15) is 9.59 Å². The summed E-state index contributed by atoms with van der Waals surface area (Å²) in [6.45, 7) is 4.52. The number of methoxy groups -OCH3 is 1. The van der Waals surface area contributed by atoms with Gasteiger partial charge < -0.3 is 19.9 Å². The maximum Gasteiger partial charge on any atom is 0.322 e. The number of aromatic amines is 1. The highest BCUT2D eigenvalue weighted by Crippen LogP contribution is 2.24. The summed E-state index contributed by atoms with van der Waals surface area (Å²) in [4.78, 5) is 30.8. The van der Waals surface area contributed by atoms with Crippen LogP contribution in [0, 0.1) is 13.8 Å². The van der Waals surface area contributed by atoms with Crippen LogP contribution in [0.5, 0.6) is 5.75 Å². The highest BCUT2D eigenvalue weighted by Gasteiger charge is 2.18. The highest BCUT2D eigenvalue weighted by molar-refractivity contribution is 5.91. The number of nitrogens with zero attached hydrogens (tertiary/aromatic N) is 1. The molecule has 4 rings (SSSR count). The van der Waals surface area contributed by atoms with Crippen LogP contribution in [0.4, 0.5) is 10.5 Å². The Hall–Kier alpha value is -4.06. The number of H-pyrrole nitrogens is 1. The number of pyridine rings is 1. The lowest BCUT2D eigenvalue weighted by atomic mass is 10.0. The van der Waals surface area contributed by atoms with Crippen molar-refractivity contribution in [2.75, 3.05) is 12.4 Å². The number of ether oxygens (including phenoxy) is 1. The van der Waals surface area contributed by atoms with Crippen molar-refractivity contribution in [3.8, 4) is 5.75 Å². The Morgan fingerprint density at radius 2 is 1.70 bits per heavy atom. The minimum Gasteiger partial charge on any atom is -0.495 e. The van der Waals surface area contributed by atoms with Crippen molar-refractivity contribution in [1.29, 1.82) is 0 Å². The standard InChI is InChI=1S/C27H27N3O3/c1-18-13-19(2)25-21(14-18)15-22(26(31)29-25)17-30(16-20-9-5-4-6-10-20)27(32)28-23-11-7-8-12-24(23)33-3/h4-15H,16-17H2,1-3H3,(H,28,32)(H,29,31). The van der Waals surface area contributed by atoms with Crippen molar-refractivity contribution < 1.29 is 9.53 Å². The van der Waals surface area contributed by atoms with Crippen LogP contribution >= 0.6 is 0 Å². The minimum absolute atomic E-state index is 0.161. The zero-order chi connectivity index (χ0) is 23.4. The number of aromatic nitrogens is 1. The lowest BCUT2D eigenvalue weighted by molar-refractivity contribution is 0.206. The van der Waals surface area contributed by atoms with Gasteiger partial charge in [0.25, 0.3) is 5.56 Å². The van der Waals surface area contributed by atoms with Crippen molar-refractivity contribution >= 4 is 22.6 Å². The molecule has 4 aromatic rings. The average Bonchev–Trinajstić information content (AvgIpc) is 2.80. The second kappa shape index (κ2) is 9.61. The molecular weight excluding hydrogens is 414 g/mol. The van der Waals surface area contributed by atoms with Crippen molar-refractivity contribution in [1.82, 2.24) is 9.88 Å². The van der Waals surface area contributed by atoms with Crippen LogP contribution < -0.4 is 15.6 Å². The van der Waals surface area contributed by atoms with Crippen molar-refractivity contribution in [2.24, 2.45) is 0 Å². The molecule has 2 N–H and O–H groups in total. The van der Waals surface area contributed by atoms with Crippen molar-refractivity contribution in [3.63, 3.8) is 0 Å². The van der Waals surface area contributed by atoms with Gasteiger partial charge in [-0.3, -0.25) is 4.79 Å². The van der Waals surface area contributed by atoms with E-state index in [1.54, 1.807) is 24.1 Å². The van der Waals surface area contributed by atoms with Gasteiger partial charge in [0.2, 0.25) is 0 Å². The molecule has 0 saturated carbocycles. The molecular formula is C27H27N3O3. The highest BCUT2D eigenvalue weighted by atomic mass is 16.5. The van der Waals surface area contributed by atoms with Crippen LogP contribution in [-0.4, -0.2) is 23.0 Å². The normalized spacial score (nSPS) is 10.8. The fourth-order valence-electron chi connectivity index (χ4n) is 4.00. The topological polar surface area (TPSA) is 74.4 Å². The Kier molecular flexibility index (Phi) is 6.45. The number of amides is 2. The number of benzene rings is 3. The first-order chi connectivity index (χ1) is 15.9. The van der Waals surface area contributed by atoms with Crippen LogP contribution in [-0.2, 0) is 13.1 Å². The molecule has 6 nitrogen and oxygen atoms in total. The largest absolute Gasteiger partial charge is 0.495 e. The maximum absolute atomic E-state index is 13.3. The lowest BCUT2D eigenvalue weighted by Gasteiger charge is -2.24. The molecule has 33 heavy (non-hydrogen) atoms. The molecule has 0 aliphatic rings. The van der Waals surface area contributed by atoms with Gasteiger partial charge in [-0.25, -0.2) is 4.79 Å². The zero-order valence-electron chi connectivity index (χ0n) is 19.0. The average molecular weight is 442 g/mol. The van der Waals surface area contributed by atoms with Gasteiger partial charge >= 0.3 is 6.03 Å². The van der Waals surface area contributed by atoms with E-state index in [1.165, 1.54) is 0 Å². The maximum atomic E-state index is 13.3. The molecule has 2 amide bonds. The lowest BCUT2D eigenvalue weighted by Crippen LogP contribution is -2.35. The molecule has 168 valence electrons. The van der Waals surface area contributed by atoms with E-state index in [0.29, 0.717) is 23.5 Å². The third kappa shape index (κ3) is 5.06. The Balaban J connectivity index is 1.68. The fourth-order valence-corrected chi connectivity index (χ4v) is 4.00. The van der Waals surface area contributed by atoms with Gasteiger partial charge in [-0.05, 0) is 54.6 Å². The van der Waals surface area contributed by atoms with Crippen LogP contribution in [0.3, 0.4) is 0 Å². The Morgan fingerprint density at radius 3 is 2.45 bits per heavy atom. The predicted molar refractivity (Wildman–Crippen MR) is 132 cm³/mol. The molecule has 0 unspecified atom stereocenters. The van der Waals surface area contributed by atoms with E-state index in [-0.39, 0.29) is 18.1 Å². The number of urea groups is 1. The van der Waals surface area contributed by atoms with Gasteiger partial charge in [-0.1, -0.05) is 54.1 Å². The molecule has 3 aromatic carbocycles. The van der Waals surface area contributed by atoms with Crippen LogP contribution in [0.2, 0.25) is 0 Å². The van der Waals surface area contributed by atoms with E-state index in [0.717, 1.165) is 27.6 Å². The number of carbonyl (C=O) groups is 1. The molecule has 0 spiro atoms. The van der Waals surface area contributed by atoms with E-state index < -0.39 is 0 Å². The van der Waals surface area contributed by atoms with Crippen molar-refractivity contribution in [2.45, 2.75) is 26.9 Å². The number of rotatable bonds is 6. The third-order valence-corrected chi connectivity index (χ3v) is 5.58. The summed E-state index contributed by atoms with van der Waals surface area (Å²) in [5.41, 5.74) is 4.83. The Morgan fingerprint density at radius 1 is 0.970 bits per heavy atom. The number of hydrogen-bond acceptors (Lipinski definition) is 3. The van der Waals surface area contributed by atoms with E-state index >= 15 is 0 Å². The number of carbonyl (C=O) groups excluding carboxylic acids is 1. The molecule has 0 aliphatic carbocycles. The smallest absolute Gasteiger partial charge is 0.322 e. The first kappa shape index (κ1) is 22.1. The summed E-state index contributed by atoms with van der Waals surface area (Å²) in [7, 11) is 1.56. The second-order valence-electron chi connectivity index (χ2n) is 8.14. The van der Waals surface area contributed by atoms with Crippen molar-refractivity contribution in [3.05, 3.63) is 105 Å². The Bertz CT molecular complexity index is 1350. The van der Waals surface area contributed by atoms with Crippen LogP contribution in [0.1, 0.15) is 22.3 Å². The van der Waals surface area contributed by atoms with Crippen LogP contribution in [0.15, 0.2) is 77.6 Å². The molecule has 0 saturated heterocycles. The number of nitrogens with one attached hydrogen (secondary N) is 2. The summed E-state index contributed by atoms with van der Waals surface area (Å²) in [5.74, 6) is 0.569. The van der Waals surface area contributed by atoms with Gasteiger partial charge in [0, 0.05) is 12.1 Å². The first-order valence-electron chi connectivity index (χ1n) is 10.8. The van der Waals surface area contributed by atoms with Gasteiger partial charge in [0.15, 0.2) is 0 Å². The summed E-state index contributed by atoms with van der Waals surface area (Å²) in [5, 5.41) is 3.88. The number of hydrogen-bond donors (Lipinski definition) is 2. The minimum atomic E-state index is -0.316. The Labute approximate surface area is 192 Å².